The lowest BCUT2D eigenvalue weighted by Gasteiger charge is -2.21. The Bertz CT molecular complexity index is 1220. The van der Waals surface area contributed by atoms with Crippen molar-refractivity contribution in [2.24, 2.45) is 5.16 Å². The number of aromatic nitrogens is 2. The van der Waals surface area contributed by atoms with Crippen LogP contribution in [0.5, 0.6) is 0 Å². The predicted octanol–water partition coefficient (Wildman–Crippen LogP) is 3.49. The first-order valence-corrected chi connectivity index (χ1v) is 11.8. The monoisotopic (exact) mass is 473 g/mol. The number of likely N-dealkylation sites (tertiary alicyclic amines) is 2. The Labute approximate surface area is 203 Å². The van der Waals surface area contributed by atoms with Crippen LogP contribution < -0.4 is 0 Å². The number of oxime groups is 1. The fraction of sp³-hybridized carbons (Fsp3) is 0.346. The molecule has 35 heavy (non-hydrogen) atoms. The van der Waals surface area contributed by atoms with Gasteiger partial charge < -0.3 is 19.2 Å². The normalized spacial score (nSPS) is 19.1. The minimum absolute atomic E-state index is 0.140. The van der Waals surface area contributed by atoms with Gasteiger partial charge in [0.15, 0.2) is 5.82 Å². The van der Waals surface area contributed by atoms with Gasteiger partial charge in [0.25, 0.3) is 5.91 Å². The van der Waals surface area contributed by atoms with Gasteiger partial charge in [-0.3, -0.25) is 9.59 Å². The van der Waals surface area contributed by atoms with E-state index < -0.39 is 6.04 Å². The van der Waals surface area contributed by atoms with E-state index in [1.54, 1.807) is 4.90 Å². The molecule has 0 saturated carbocycles. The molecule has 9 nitrogen and oxygen atoms in total. The van der Waals surface area contributed by atoms with Crippen LogP contribution in [0, 0.1) is 0 Å². The van der Waals surface area contributed by atoms with Gasteiger partial charge in [-0.15, -0.1) is 0 Å². The van der Waals surface area contributed by atoms with E-state index in [9.17, 15) is 9.59 Å². The third-order valence-corrected chi connectivity index (χ3v) is 6.42. The maximum absolute atomic E-state index is 13.5. The maximum atomic E-state index is 13.5. The topological polar surface area (TPSA) is 101 Å². The van der Waals surface area contributed by atoms with Crippen molar-refractivity contribution in [1.82, 2.24) is 19.9 Å². The summed E-state index contributed by atoms with van der Waals surface area (Å²) >= 11 is 0. The standard InChI is InChI=1S/C26H27N5O4/c1-34-28-21-16-22(25-27-23(29-35-25)13-15-30-14-5-8-24(30)32)31(17-21)26(33)20-11-9-19(10-12-20)18-6-3-2-4-7-18/h2-4,6-7,9-12,22H,5,8,13-17H2,1H3/b28-21+/t22-/m0/s1. The Hall–Kier alpha value is -4.01. The van der Waals surface area contributed by atoms with Gasteiger partial charge in [-0.1, -0.05) is 52.8 Å². The number of amides is 2. The highest BCUT2D eigenvalue weighted by Gasteiger charge is 2.38. The second kappa shape index (κ2) is 10.1. The summed E-state index contributed by atoms with van der Waals surface area (Å²) in [5.41, 5.74) is 3.43. The Kier molecular flexibility index (Phi) is 6.56. The van der Waals surface area contributed by atoms with Gasteiger partial charge >= 0.3 is 0 Å². The molecule has 2 aliphatic rings. The van der Waals surface area contributed by atoms with Crippen molar-refractivity contribution in [3.05, 3.63) is 71.9 Å². The van der Waals surface area contributed by atoms with E-state index in [-0.39, 0.29) is 11.8 Å². The third-order valence-electron chi connectivity index (χ3n) is 6.42. The lowest BCUT2D eigenvalue weighted by molar-refractivity contribution is -0.127. The molecule has 3 heterocycles. The van der Waals surface area contributed by atoms with Crippen LogP contribution in [0.4, 0.5) is 0 Å². The second-order valence-electron chi connectivity index (χ2n) is 8.72. The van der Waals surface area contributed by atoms with Crippen LogP contribution in [0.2, 0.25) is 0 Å². The molecule has 2 fully saturated rings. The van der Waals surface area contributed by atoms with E-state index in [1.165, 1.54) is 7.11 Å². The molecular formula is C26H27N5O4. The number of carbonyl (C=O) groups is 2. The number of hydrogen-bond donors (Lipinski definition) is 0. The van der Waals surface area contributed by atoms with Crippen LogP contribution in [0.3, 0.4) is 0 Å². The van der Waals surface area contributed by atoms with Crippen molar-refractivity contribution in [3.63, 3.8) is 0 Å². The van der Waals surface area contributed by atoms with E-state index in [1.807, 2.05) is 59.5 Å². The van der Waals surface area contributed by atoms with E-state index in [0.717, 1.165) is 29.8 Å². The Morgan fingerprint density at radius 1 is 1.14 bits per heavy atom. The first-order valence-electron chi connectivity index (χ1n) is 11.8. The Balaban J connectivity index is 1.32. The predicted molar refractivity (Wildman–Crippen MR) is 129 cm³/mol. The zero-order valence-electron chi connectivity index (χ0n) is 19.6. The van der Waals surface area contributed by atoms with E-state index in [4.69, 9.17) is 9.36 Å². The molecule has 0 bridgehead atoms. The lowest BCUT2D eigenvalue weighted by Crippen LogP contribution is -2.31. The first-order chi connectivity index (χ1) is 17.1. The van der Waals surface area contributed by atoms with Crippen LogP contribution in [-0.2, 0) is 16.1 Å². The summed E-state index contributed by atoms with van der Waals surface area (Å²) in [6.45, 7) is 1.65. The molecule has 0 radical (unpaired) electrons. The molecule has 180 valence electrons. The van der Waals surface area contributed by atoms with E-state index in [0.29, 0.717) is 49.6 Å². The summed E-state index contributed by atoms with van der Waals surface area (Å²) in [5.74, 6) is 0.915. The average molecular weight is 474 g/mol. The van der Waals surface area contributed by atoms with Crippen LogP contribution in [0.15, 0.2) is 64.3 Å². The molecule has 1 atom stereocenters. The summed E-state index contributed by atoms with van der Waals surface area (Å²) in [4.78, 5) is 38.3. The number of hydrogen-bond acceptors (Lipinski definition) is 7. The molecule has 0 aliphatic carbocycles. The smallest absolute Gasteiger partial charge is 0.254 e. The Morgan fingerprint density at radius 3 is 2.63 bits per heavy atom. The molecular weight excluding hydrogens is 446 g/mol. The van der Waals surface area contributed by atoms with Gasteiger partial charge in [0, 0.05) is 37.9 Å². The molecule has 2 amide bonds. The largest absolute Gasteiger partial charge is 0.399 e. The SMILES string of the molecule is CO/N=C1\C[C@@H](c2nc(CCN3CCCC3=O)no2)N(C(=O)c2ccc(-c3ccccc3)cc2)C1. The summed E-state index contributed by atoms with van der Waals surface area (Å²) in [6.07, 6.45) is 2.46. The molecule has 1 aromatic heterocycles. The van der Waals surface area contributed by atoms with Crippen LogP contribution >= 0.6 is 0 Å². The molecule has 0 unspecified atom stereocenters. The fourth-order valence-corrected chi connectivity index (χ4v) is 4.62. The minimum atomic E-state index is -0.431. The number of rotatable bonds is 7. The fourth-order valence-electron chi connectivity index (χ4n) is 4.62. The maximum Gasteiger partial charge on any atom is 0.254 e. The molecule has 0 spiro atoms. The Morgan fingerprint density at radius 2 is 1.91 bits per heavy atom. The van der Waals surface area contributed by atoms with Crippen LogP contribution in [0.25, 0.3) is 11.1 Å². The van der Waals surface area contributed by atoms with Crippen molar-refractivity contribution < 1.29 is 18.9 Å². The van der Waals surface area contributed by atoms with Crippen LogP contribution in [0.1, 0.15) is 47.4 Å². The van der Waals surface area contributed by atoms with Gasteiger partial charge in [-0.2, -0.15) is 4.98 Å². The van der Waals surface area contributed by atoms with E-state index >= 15 is 0 Å². The molecule has 2 saturated heterocycles. The van der Waals surface area contributed by atoms with Crippen molar-refractivity contribution in [3.8, 4) is 11.1 Å². The highest BCUT2D eigenvalue weighted by atomic mass is 16.6. The van der Waals surface area contributed by atoms with Crippen molar-refractivity contribution in [1.29, 1.82) is 0 Å². The number of nitrogens with zero attached hydrogens (tertiary/aromatic N) is 5. The molecule has 9 heteroatoms. The van der Waals surface area contributed by atoms with Gasteiger partial charge in [0.1, 0.15) is 13.2 Å². The zero-order chi connectivity index (χ0) is 24.2. The first kappa shape index (κ1) is 22.8. The van der Waals surface area contributed by atoms with Crippen LogP contribution in [-0.4, -0.2) is 64.2 Å². The quantitative estimate of drug-likeness (QED) is 0.487. The molecule has 3 aromatic rings. The molecule has 2 aliphatic heterocycles. The molecule has 5 rings (SSSR count). The summed E-state index contributed by atoms with van der Waals surface area (Å²) in [7, 11) is 1.49. The van der Waals surface area contributed by atoms with Crippen molar-refractivity contribution >= 4 is 17.5 Å². The lowest BCUT2D eigenvalue weighted by atomic mass is 10.0. The highest BCUT2D eigenvalue weighted by Crippen LogP contribution is 2.32. The summed E-state index contributed by atoms with van der Waals surface area (Å²) < 4.78 is 5.56. The zero-order valence-corrected chi connectivity index (χ0v) is 19.6. The van der Waals surface area contributed by atoms with Crippen molar-refractivity contribution in [2.45, 2.75) is 31.7 Å². The van der Waals surface area contributed by atoms with Gasteiger partial charge in [-0.05, 0) is 29.7 Å². The van der Waals surface area contributed by atoms with Gasteiger partial charge in [-0.25, -0.2) is 0 Å². The molecule has 2 aromatic carbocycles. The summed E-state index contributed by atoms with van der Waals surface area (Å²) in [6, 6.07) is 17.1. The van der Waals surface area contributed by atoms with E-state index in [2.05, 4.69) is 15.3 Å². The third kappa shape index (κ3) is 4.94. The van der Waals surface area contributed by atoms with Gasteiger partial charge in [0.05, 0.1) is 12.3 Å². The average Bonchev–Trinajstić information content (AvgIpc) is 3.63. The number of benzene rings is 2. The second-order valence-corrected chi connectivity index (χ2v) is 8.72. The van der Waals surface area contributed by atoms with Gasteiger partial charge in [0.2, 0.25) is 11.8 Å². The highest BCUT2D eigenvalue weighted by molar-refractivity contribution is 6.00. The number of carbonyl (C=O) groups excluding carboxylic acids is 2. The van der Waals surface area contributed by atoms with Crippen molar-refractivity contribution in [2.75, 3.05) is 26.7 Å². The minimum Gasteiger partial charge on any atom is -0.399 e. The summed E-state index contributed by atoms with van der Waals surface area (Å²) in [5, 5.41) is 8.17. The molecule has 0 N–H and O–H groups in total.